The molecule has 292 valence electrons. The molecule has 7 rings (SSSR count). The highest BCUT2D eigenvalue weighted by molar-refractivity contribution is 5.26. The van der Waals surface area contributed by atoms with Gasteiger partial charge in [0.05, 0.1) is 38.5 Å². The summed E-state index contributed by atoms with van der Waals surface area (Å²) in [7, 11) is 0. The fourth-order valence-corrected chi connectivity index (χ4v) is 7.61. The number of hydrogen-bond acceptors (Lipinski definition) is 10. The number of aryl methyl sites for hydroxylation is 4. The average molecular weight is 739 g/mol. The van der Waals surface area contributed by atoms with Gasteiger partial charge in [-0.3, -0.25) is 18.6 Å². The fourth-order valence-electron chi connectivity index (χ4n) is 7.61. The summed E-state index contributed by atoms with van der Waals surface area (Å²) in [6.45, 7) is 18.2. The van der Waals surface area contributed by atoms with Crippen molar-refractivity contribution in [2.45, 2.75) is 150 Å². The fraction of sp³-hybridized carbons (Fsp3) is 0.676. The van der Waals surface area contributed by atoms with E-state index in [0.29, 0.717) is 57.2 Å². The molecule has 2 bridgehead atoms. The van der Waals surface area contributed by atoms with Crippen molar-refractivity contribution in [3.63, 3.8) is 0 Å². The van der Waals surface area contributed by atoms with Crippen LogP contribution >= 0.6 is 0 Å². The van der Waals surface area contributed by atoms with Crippen molar-refractivity contribution in [3.05, 3.63) is 84.3 Å². The lowest BCUT2D eigenvalue weighted by atomic mass is 9.98. The summed E-state index contributed by atoms with van der Waals surface area (Å²) in [6, 6.07) is 9.43. The number of nitrogens with zero attached hydrogens (tertiary/aromatic N) is 9. The second kappa shape index (κ2) is 18.3. The molecule has 4 aromatic rings. The van der Waals surface area contributed by atoms with Crippen LogP contribution in [0, 0.1) is 20.8 Å². The Morgan fingerprint density at radius 3 is 1.89 bits per heavy atom. The normalized spacial score (nSPS) is 21.1. The average Bonchev–Trinajstić information content (AvgIpc) is 3.70. The van der Waals surface area contributed by atoms with Crippen LogP contribution in [0.3, 0.4) is 0 Å². The van der Waals surface area contributed by atoms with E-state index in [-0.39, 0.29) is 35.8 Å². The van der Waals surface area contributed by atoms with Crippen LogP contribution in [0.1, 0.15) is 82.0 Å². The molecule has 3 fully saturated rings. The number of benzene rings is 1. The topological polar surface area (TPSA) is 176 Å². The Kier molecular flexibility index (Phi) is 13.8. The Bertz CT molecular complexity index is 1940. The molecule has 3 saturated heterocycles. The van der Waals surface area contributed by atoms with Crippen LogP contribution in [0.4, 0.5) is 0 Å². The molecule has 16 nitrogen and oxygen atoms in total. The van der Waals surface area contributed by atoms with E-state index in [1.165, 1.54) is 20.5 Å². The first kappa shape index (κ1) is 40.1. The predicted molar refractivity (Wildman–Crippen MR) is 200 cm³/mol. The molecule has 2 N–H and O–H groups in total. The molecule has 3 aromatic heterocycles. The van der Waals surface area contributed by atoms with Crippen molar-refractivity contribution in [2.75, 3.05) is 13.2 Å². The summed E-state index contributed by atoms with van der Waals surface area (Å²) < 4.78 is 19.1. The number of aliphatic hydroxyl groups is 1. The zero-order chi connectivity index (χ0) is 38.2. The van der Waals surface area contributed by atoms with Crippen LogP contribution in [-0.4, -0.2) is 97.0 Å². The number of aliphatic hydroxyl groups excluding tert-OH is 1. The number of aromatic nitrogens is 9. The Labute approximate surface area is 310 Å². The predicted octanol–water partition coefficient (Wildman–Crippen LogP) is 2.18. The second-order valence-corrected chi connectivity index (χ2v) is 14.1. The van der Waals surface area contributed by atoms with Gasteiger partial charge in [0, 0.05) is 38.3 Å². The van der Waals surface area contributed by atoms with Crippen LogP contribution in [0.5, 0.6) is 0 Å². The third kappa shape index (κ3) is 9.90. The monoisotopic (exact) mass is 738 g/mol. The summed E-state index contributed by atoms with van der Waals surface area (Å²) in [5, 5.41) is 25.2. The number of hydrogen-bond donors (Lipinski definition) is 2. The minimum atomic E-state index is -0.602. The lowest BCUT2D eigenvalue weighted by Crippen LogP contribution is -2.49. The van der Waals surface area contributed by atoms with Gasteiger partial charge in [-0.25, -0.2) is 28.8 Å². The van der Waals surface area contributed by atoms with Gasteiger partial charge in [0.2, 0.25) is 0 Å². The molecule has 0 saturated carbocycles. The summed E-state index contributed by atoms with van der Waals surface area (Å²) in [5.41, 5.74) is 2.36. The standard InChI is InChI=1S/C24H36N4O3.C8H13N3O2.C5H9N3O/c1-4-18-8-6-7-9-19(18)16-31-23-12-20-10-11-21(13-23)27(20)14-22(29)15-28-24(30)26(5-2)17(3)25-28;1-3-10-6(2)9-11(8(10)12)4-7-5-13-7;1-3-8-4(2)6-7-5(8)9/h6-9,20-23,29H,4-5,10-16H2,1-3H3;7H,3-5H2,1-2H3;3H2,1-2H3,(H,7,9)/t20?,21?,22-,23?;7-;/m01./s1. The number of piperidine rings is 1. The number of H-pyrrole nitrogens is 1. The van der Waals surface area contributed by atoms with Crippen LogP contribution in [0.2, 0.25) is 0 Å². The maximum Gasteiger partial charge on any atom is 0.345 e. The van der Waals surface area contributed by atoms with Crippen LogP contribution in [0.25, 0.3) is 0 Å². The van der Waals surface area contributed by atoms with E-state index in [1.807, 2.05) is 34.6 Å². The van der Waals surface area contributed by atoms with Crippen LogP contribution in [-0.2, 0) is 55.2 Å². The minimum absolute atomic E-state index is 0.0319. The highest BCUT2D eigenvalue weighted by atomic mass is 16.6. The molecule has 3 aliphatic heterocycles. The highest BCUT2D eigenvalue weighted by Gasteiger charge is 2.41. The third-order valence-electron chi connectivity index (χ3n) is 10.5. The Hall–Kier alpha value is -4.12. The van der Waals surface area contributed by atoms with Crippen LogP contribution in [0.15, 0.2) is 38.6 Å². The number of ether oxygens (including phenoxy) is 2. The molecule has 6 heterocycles. The van der Waals surface area contributed by atoms with Gasteiger partial charge in [-0.1, -0.05) is 31.2 Å². The second-order valence-electron chi connectivity index (χ2n) is 14.1. The van der Waals surface area contributed by atoms with Crippen molar-refractivity contribution in [2.24, 2.45) is 0 Å². The zero-order valence-corrected chi connectivity index (χ0v) is 32.4. The number of fused-ring (bicyclic) bond motifs is 2. The van der Waals surface area contributed by atoms with Crippen molar-refractivity contribution in [3.8, 4) is 0 Å². The molecule has 4 atom stereocenters. The van der Waals surface area contributed by atoms with E-state index >= 15 is 0 Å². The van der Waals surface area contributed by atoms with Gasteiger partial charge >= 0.3 is 17.1 Å². The molecule has 0 aliphatic carbocycles. The van der Waals surface area contributed by atoms with E-state index in [1.54, 1.807) is 20.6 Å². The molecule has 2 unspecified atom stereocenters. The Morgan fingerprint density at radius 1 is 0.830 bits per heavy atom. The first-order valence-electron chi connectivity index (χ1n) is 19.1. The Morgan fingerprint density at radius 2 is 1.40 bits per heavy atom. The van der Waals surface area contributed by atoms with E-state index in [2.05, 4.69) is 56.5 Å². The van der Waals surface area contributed by atoms with Crippen LogP contribution < -0.4 is 17.1 Å². The molecular formula is C37H58N10O6. The largest absolute Gasteiger partial charge is 0.390 e. The molecule has 0 radical (unpaired) electrons. The smallest absolute Gasteiger partial charge is 0.345 e. The first-order valence-corrected chi connectivity index (χ1v) is 19.1. The van der Waals surface area contributed by atoms with Gasteiger partial charge in [-0.15, -0.1) is 0 Å². The van der Waals surface area contributed by atoms with E-state index in [0.717, 1.165) is 50.4 Å². The molecule has 0 spiro atoms. The number of rotatable bonds is 13. The summed E-state index contributed by atoms with van der Waals surface area (Å²) in [4.78, 5) is 37.1. The van der Waals surface area contributed by atoms with Gasteiger partial charge in [0.1, 0.15) is 23.6 Å². The van der Waals surface area contributed by atoms with Crippen molar-refractivity contribution >= 4 is 0 Å². The lowest BCUT2D eigenvalue weighted by molar-refractivity contribution is -0.0404. The maximum atomic E-state index is 12.4. The number of epoxide rings is 1. The van der Waals surface area contributed by atoms with Gasteiger partial charge in [-0.05, 0) is 84.8 Å². The molecule has 16 heteroatoms. The number of nitrogens with one attached hydrogen (secondary N) is 1. The highest BCUT2D eigenvalue weighted by Crippen LogP contribution is 2.37. The van der Waals surface area contributed by atoms with Gasteiger partial charge < -0.3 is 14.6 Å². The van der Waals surface area contributed by atoms with Crippen molar-refractivity contribution in [1.29, 1.82) is 0 Å². The third-order valence-corrected chi connectivity index (χ3v) is 10.5. The van der Waals surface area contributed by atoms with Crippen molar-refractivity contribution < 1.29 is 14.6 Å². The molecule has 53 heavy (non-hydrogen) atoms. The summed E-state index contributed by atoms with van der Waals surface area (Å²) in [6.07, 6.45) is 5.26. The molecule has 3 aliphatic rings. The maximum absolute atomic E-state index is 12.4. The van der Waals surface area contributed by atoms with Gasteiger partial charge in [0.25, 0.3) is 0 Å². The molecule has 1 aromatic carbocycles. The zero-order valence-electron chi connectivity index (χ0n) is 32.4. The summed E-state index contributed by atoms with van der Waals surface area (Å²) in [5.74, 6) is 2.21. The minimum Gasteiger partial charge on any atom is -0.390 e. The summed E-state index contributed by atoms with van der Waals surface area (Å²) >= 11 is 0. The van der Waals surface area contributed by atoms with E-state index in [9.17, 15) is 19.5 Å². The molecule has 0 amide bonds. The quantitative estimate of drug-likeness (QED) is 0.194. The Balaban J connectivity index is 0.000000199. The van der Waals surface area contributed by atoms with Gasteiger partial charge in [-0.2, -0.15) is 15.3 Å². The SMILES string of the molecule is CCc1ccccc1COC1CC2CCC(C1)N2C[C@H](O)Cn1nc(C)n(CC)c1=O.CCn1c(C)n[nH]c1=O.CCn1c(C)nn(C[C@@H]2CO2)c1=O. The van der Waals surface area contributed by atoms with E-state index in [4.69, 9.17) is 9.47 Å². The first-order chi connectivity index (χ1) is 25.5. The van der Waals surface area contributed by atoms with E-state index < -0.39 is 6.10 Å². The number of aromatic amines is 1. The van der Waals surface area contributed by atoms with Crippen molar-refractivity contribution in [1.82, 2.24) is 48.4 Å². The molecular weight excluding hydrogens is 680 g/mol. The lowest BCUT2D eigenvalue weighted by Gasteiger charge is -2.39. The van der Waals surface area contributed by atoms with Gasteiger partial charge in [0.15, 0.2) is 0 Å².